The summed E-state index contributed by atoms with van der Waals surface area (Å²) >= 11 is 0. The van der Waals surface area contributed by atoms with Gasteiger partial charge in [0.2, 0.25) is 0 Å². The fourth-order valence-electron chi connectivity index (χ4n) is 1.49. The topological polar surface area (TPSA) is 38.4 Å². The first-order valence-electron chi connectivity index (χ1n) is 4.95. The summed E-state index contributed by atoms with van der Waals surface area (Å²) in [7, 11) is 0. The molecule has 2 N–H and O–H groups in total. The lowest BCUT2D eigenvalue weighted by molar-refractivity contribution is 0.835. The second kappa shape index (κ2) is 5.70. The van der Waals surface area contributed by atoms with Gasteiger partial charge >= 0.3 is 0 Å². The maximum absolute atomic E-state index is 5.48. The molecule has 1 rings (SSSR count). The first kappa shape index (κ1) is 10.2. The quantitative estimate of drug-likeness (QED) is 0.705. The van der Waals surface area contributed by atoms with Gasteiger partial charge in [-0.3, -0.25) is 4.99 Å². The Kier molecular flexibility index (Phi) is 4.47. The van der Waals surface area contributed by atoms with Gasteiger partial charge in [0.05, 0.1) is 0 Å². The number of allylic oxidation sites excluding steroid dienone is 3. The molecular weight excluding hydrogens is 160 g/mol. The van der Waals surface area contributed by atoms with Crippen molar-refractivity contribution in [1.29, 1.82) is 0 Å². The molecule has 72 valence electrons. The van der Waals surface area contributed by atoms with E-state index in [0.717, 1.165) is 32.2 Å². The van der Waals surface area contributed by atoms with Crippen molar-refractivity contribution in [3.8, 4) is 0 Å². The van der Waals surface area contributed by atoms with Gasteiger partial charge < -0.3 is 5.73 Å². The van der Waals surface area contributed by atoms with Crippen LogP contribution in [0.2, 0.25) is 0 Å². The summed E-state index contributed by atoms with van der Waals surface area (Å²) in [6, 6.07) is 0. The van der Waals surface area contributed by atoms with Crippen LogP contribution in [0.25, 0.3) is 0 Å². The van der Waals surface area contributed by atoms with Crippen LogP contribution in [0.4, 0.5) is 0 Å². The Morgan fingerprint density at radius 3 is 3.08 bits per heavy atom. The number of hydrogen-bond acceptors (Lipinski definition) is 2. The van der Waals surface area contributed by atoms with E-state index in [1.54, 1.807) is 0 Å². The third-order valence-corrected chi connectivity index (χ3v) is 2.25. The van der Waals surface area contributed by atoms with E-state index >= 15 is 0 Å². The molecule has 0 atom stereocenters. The predicted molar refractivity (Wildman–Crippen MR) is 57.9 cm³/mol. The summed E-state index contributed by atoms with van der Waals surface area (Å²) in [5.74, 6) is 0. The van der Waals surface area contributed by atoms with Crippen molar-refractivity contribution < 1.29 is 0 Å². The molecule has 13 heavy (non-hydrogen) atoms. The Balaban J connectivity index is 2.56. The molecule has 1 heterocycles. The normalized spacial score (nSPS) is 17.4. The second-order valence-electron chi connectivity index (χ2n) is 3.21. The smallest absolute Gasteiger partial charge is 0.0435 e. The Bertz CT molecular complexity index is 236. The molecule has 0 fully saturated rings. The zero-order chi connectivity index (χ0) is 9.52. The van der Waals surface area contributed by atoms with Crippen LogP contribution in [0, 0.1) is 0 Å². The fraction of sp³-hybridized carbons (Fsp3) is 0.545. The highest BCUT2D eigenvalue weighted by Gasteiger charge is 2.06. The summed E-state index contributed by atoms with van der Waals surface area (Å²) in [5, 5.41) is 0. The minimum absolute atomic E-state index is 0.764. The van der Waals surface area contributed by atoms with Gasteiger partial charge in [0.15, 0.2) is 0 Å². The highest BCUT2D eigenvalue weighted by molar-refractivity contribution is 6.00. The highest BCUT2D eigenvalue weighted by atomic mass is 14.7. The average molecular weight is 178 g/mol. The van der Waals surface area contributed by atoms with Crippen molar-refractivity contribution in [3.05, 3.63) is 23.9 Å². The van der Waals surface area contributed by atoms with E-state index in [0.29, 0.717) is 0 Å². The van der Waals surface area contributed by atoms with Crippen LogP contribution in [0.15, 0.2) is 28.9 Å². The molecule has 0 bridgehead atoms. The maximum atomic E-state index is 5.48. The monoisotopic (exact) mass is 178 g/mol. The van der Waals surface area contributed by atoms with Crippen LogP contribution in [0.1, 0.15) is 32.6 Å². The van der Waals surface area contributed by atoms with Gasteiger partial charge in [-0.25, -0.2) is 0 Å². The molecule has 0 amide bonds. The summed E-state index contributed by atoms with van der Waals surface area (Å²) in [6.45, 7) is 2.84. The zero-order valence-corrected chi connectivity index (χ0v) is 8.29. The lowest BCUT2D eigenvalue weighted by atomic mass is 10.00. The Hall–Kier alpha value is -0.890. The van der Waals surface area contributed by atoms with Gasteiger partial charge in [-0.2, -0.15) is 0 Å². The highest BCUT2D eigenvalue weighted by Crippen LogP contribution is 2.14. The van der Waals surface area contributed by atoms with E-state index < -0.39 is 0 Å². The zero-order valence-electron chi connectivity index (χ0n) is 8.29. The molecule has 0 aromatic carbocycles. The van der Waals surface area contributed by atoms with Gasteiger partial charge in [-0.1, -0.05) is 12.2 Å². The van der Waals surface area contributed by atoms with Crippen molar-refractivity contribution in [3.63, 3.8) is 0 Å². The van der Waals surface area contributed by atoms with Crippen LogP contribution in [0.5, 0.6) is 0 Å². The molecule has 0 radical (unpaired) electrons. The third kappa shape index (κ3) is 3.15. The standard InChI is InChI=1S/C11H18N2/c1-2-10(6-5-8-12)11-7-3-4-9-13-11/h2,4,9H,3,5-8,12H2,1H3/b10-2+. The molecule has 2 nitrogen and oxygen atoms in total. The Labute approximate surface area is 80.2 Å². The second-order valence-corrected chi connectivity index (χ2v) is 3.21. The number of aliphatic imine (C=N–C) groups is 1. The maximum Gasteiger partial charge on any atom is 0.0435 e. The van der Waals surface area contributed by atoms with Crippen LogP contribution < -0.4 is 5.73 Å². The lowest BCUT2D eigenvalue weighted by Crippen LogP contribution is -2.07. The summed E-state index contributed by atoms with van der Waals surface area (Å²) in [5.41, 5.74) is 8.10. The van der Waals surface area contributed by atoms with Crippen molar-refractivity contribution in [2.45, 2.75) is 32.6 Å². The molecule has 2 heteroatoms. The molecule has 0 aliphatic carbocycles. The fourth-order valence-corrected chi connectivity index (χ4v) is 1.49. The van der Waals surface area contributed by atoms with Crippen LogP contribution in [0.3, 0.4) is 0 Å². The molecule has 0 aromatic heterocycles. The molecule has 0 saturated carbocycles. The molecular formula is C11H18N2. The summed E-state index contributed by atoms with van der Waals surface area (Å²) < 4.78 is 0. The van der Waals surface area contributed by atoms with Crippen molar-refractivity contribution >= 4 is 5.71 Å². The SMILES string of the molecule is C/C=C(\CCCN)C1=NC=CCC1. The molecule has 0 unspecified atom stereocenters. The van der Waals surface area contributed by atoms with Gasteiger partial charge in [0, 0.05) is 11.9 Å². The van der Waals surface area contributed by atoms with E-state index in [4.69, 9.17) is 5.73 Å². The molecule has 0 spiro atoms. The number of rotatable bonds is 4. The first-order chi connectivity index (χ1) is 6.38. The summed E-state index contributed by atoms with van der Waals surface area (Å²) in [6.07, 6.45) is 10.5. The Morgan fingerprint density at radius 2 is 2.54 bits per heavy atom. The van der Waals surface area contributed by atoms with Gasteiger partial charge in [-0.15, -0.1) is 0 Å². The van der Waals surface area contributed by atoms with Gasteiger partial charge in [0.1, 0.15) is 0 Å². The molecule has 0 aromatic rings. The van der Waals surface area contributed by atoms with E-state index in [1.165, 1.54) is 11.3 Å². The third-order valence-electron chi connectivity index (χ3n) is 2.25. The number of hydrogen-bond donors (Lipinski definition) is 1. The van der Waals surface area contributed by atoms with E-state index in [1.807, 2.05) is 6.20 Å². The van der Waals surface area contributed by atoms with Gasteiger partial charge in [0.25, 0.3) is 0 Å². The van der Waals surface area contributed by atoms with Crippen LogP contribution in [-0.4, -0.2) is 12.3 Å². The van der Waals surface area contributed by atoms with Crippen LogP contribution >= 0.6 is 0 Å². The number of nitrogens with zero attached hydrogens (tertiary/aromatic N) is 1. The molecule has 1 aliphatic heterocycles. The van der Waals surface area contributed by atoms with Crippen LogP contribution in [-0.2, 0) is 0 Å². The number of nitrogens with two attached hydrogens (primary N) is 1. The van der Waals surface area contributed by atoms with Gasteiger partial charge in [-0.05, 0) is 44.7 Å². The first-order valence-corrected chi connectivity index (χ1v) is 4.95. The minimum atomic E-state index is 0.764. The molecule has 0 saturated heterocycles. The van der Waals surface area contributed by atoms with Crippen molar-refractivity contribution in [1.82, 2.24) is 0 Å². The van der Waals surface area contributed by atoms with E-state index in [-0.39, 0.29) is 0 Å². The Morgan fingerprint density at radius 1 is 1.69 bits per heavy atom. The largest absolute Gasteiger partial charge is 0.330 e. The van der Waals surface area contributed by atoms with E-state index in [9.17, 15) is 0 Å². The average Bonchev–Trinajstić information content (AvgIpc) is 2.21. The summed E-state index contributed by atoms with van der Waals surface area (Å²) in [4.78, 5) is 4.38. The minimum Gasteiger partial charge on any atom is -0.330 e. The molecule has 1 aliphatic rings. The van der Waals surface area contributed by atoms with Crippen molar-refractivity contribution in [2.75, 3.05) is 6.54 Å². The lowest BCUT2D eigenvalue weighted by Gasteiger charge is -2.11. The van der Waals surface area contributed by atoms with Crippen molar-refractivity contribution in [2.24, 2.45) is 10.7 Å². The predicted octanol–water partition coefficient (Wildman–Crippen LogP) is 2.42. The van der Waals surface area contributed by atoms with E-state index in [2.05, 4.69) is 24.1 Å².